The Morgan fingerprint density at radius 1 is 1.47 bits per heavy atom. The van der Waals surface area contributed by atoms with Crippen LogP contribution in [0.2, 0.25) is 0 Å². The summed E-state index contributed by atoms with van der Waals surface area (Å²) < 4.78 is 8.18. The van der Waals surface area contributed by atoms with E-state index in [1.807, 2.05) is 32.0 Å². The first-order chi connectivity index (χ1) is 7.97. The number of rotatable bonds is 1. The molecule has 0 aromatic carbocycles. The van der Waals surface area contributed by atoms with Crippen LogP contribution in [0.25, 0.3) is 0 Å². The third kappa shape index (κ3) is 2.79. The van der Waals surface area contributed by atoms with E-state index in [0.29, 0.717) is 18.8 Å². The van der Waals surface area contributed by atoms with E-state index >= 15 is 0 Å². The monoisotopic (exact) mass is 349 g/mol. The fraction of sp³-hybridized carbons (Fsp3) is 0.636. The highest BCUT2D eigenvalue weighted by atomic mass is 127. The zero-order chi connectivity index (χ0) is 12.6. The first kappa shape index (κ1) is 12.8. The molecule has 0 saturated carbocycles. The number of carbonyl (C=O) groups is 1. The largest absolute Gasteiger partial charge is 0.372 e. The van der Waals surface area contributed by atoms with E-state index in [-0.39, 0.29) is 18.1 Å². The number of hydrogen-bond donors (Lipinski definition) is 0. The zero-order valence-electron chi connectivity index (χ0n) is 10.2. The van der Waals surface area contributed by atoms with Gasteiger partial charge in [-0.05, 0) is 36.4 Å². The van der Waals surface area contributed by atoms with Gasteiger partial charge in [0.05, 0.1) is 15.8 Å². The van der Waals surface area contributed by atoms with E-state index in [4.69, 9.17) is 4.74 Å². The number of carbonyl (C=O) groups excluding carboxylic acids is 1. The number of hydrogen-bond acceptors (Lipinski definition) is 3. The molecule has 0 aliphatic carbocycles. The molecule has 6 heteroatoms. The standard InChI is InChI=1S/C11H16IN3O2/c1-7-4-15(5-8(2)17-7)11(16)10-9(12)6-14(3)13-10/h6-8H,4-5H2,1-3H3. The zero-order valence-corrected chi connectivity index (χ0v) is 12.3. The van der Waals surface area contributed by atoms with Crippen molar-refractivity contribution in [3.8, 4) is 0 Å². The van der Waals surface area contributed by atoms with Gasteiger partial charge in [-0.1, -0.05) is 0 Å². The van der Waals surface area contributed by atoms with Crippen molar-refractivity contribution in [3.63, 3.8) is 0 Å². The second-order valence-electron chi connectivity index (χ2n) is 4.47. The lowest BCUT2D eigenvalue weighted by molar-refractivity contribution is -0.0587. The Hall–Kier alpha value is -0.630. The van der Waals surface area contributed by atoms with Crippen LogP contribution in [-0.4, -0.2) is 45.9 Å². The van der Waals surface area contributed by atoms with Gasteiger partial charge in [-0.2, -0.15) is 5.10 Å². The van der Waals surface area contributed by atoms with Crippen molar-refractivity contribution in [3.05, 3.63) is 15.5 Å². The molecule has 94 valence electrons. The Kier molecular flexibility index (Phi) is 3.72. The molecule has 1 fully saturated rings. The topological polar surface area (TPSA) is 47.4 Å². The van der Waals surface area contributed by atoms with E-state index in [9.17, 15) is 4.79 Å². The molecule has 1 aliphatic rings. The van der Waals surface area contributed by atoms with E-state index < -0.39 is 0 Å². The van der Waals surface area contributed by atoms with E-state index in [1.165, 1.54) is 0 Å². The molecule has 17 heavy (non-hydrogen) atoms. The third-order valence-electron chi connectivity index (χ3n) is 2.69. The lowest BCUT2D eigenvalue weighted by Gasteiger charge is -2.34. The van der Waals surface area contributed by atoms with Crippen LogP contribution in [0.15, 0.2) is 6.20 Å². The second kappa shape index (κ2) is 4.93. The molecule has 0 bridgehead atoms. The van der Waals surface area contributed by atoms with Gasteiger partial charge in [0.15, 0.2) is 5.69 Å². The fourth-order valence-corrected chi connectivity index (χ4v) is 2.84. The van der Waals surface area contributed by atoms with Crippen molar-refractivity contribution in [2.45, 2.75) is 26.1 Å². The molecule has 2 rings (SSSR count). The Labute approximate surface area is 114 Å². The Morgan fingerprint density at radius 2 is 2.06 bits per heavy atom. The molecule has 2 heterocycles. The number of amides is 1. The summed E-state index contributed by atoms with van der Waals surface area (Å²) in [5, 5.41) is 4.21. The Bertz CT molecular complexity index is 422. The van der Waals surface area contributed by atoms with Crippen molar-refractivity contribution in [1.82, 2.24) is 14.7 Å². The van der Waals surface area contributed by atoms with Gasteiger partial charge in [0.2, 0.25) is 0 Å². The number of nitrogens with zero attached hydrogens (tertiary/aromatic N) is 3. The van der Waals surface area contributed by atoms with Gasteiger partial charge in [-0.15, -0.1) is 0 Å². The van der Waals surface area contributed by atoms with Crippen LogP contribution < -0.4 is 0 Å². The second-order valence-corrected chi connectivity index (χ2v) is 5.63. The molecule has 1 saturated heterocycles. The summed E-state index contributed by atoms with van der Waals surface area (Å²) in [7, 11) is 1.82. The summed E-state index contributed by atoms with van der Waals surface area (Å²) in [5.74, 6) is -0.00278. The molecular formula is C11H16IN3O2. The van der Waals surface area contributed by atoms with E-state index in [2.05, 4.69) is 27.7 Å². The maximum Gasteiger partial charge on any atom is 0.275 e. The van der Waals surface area contributed by atoms with Crippen molar-refractivity contribution in [1.29, 1.82) is 0 Å². The molecule has 2 atom stereocenters. The highest BCUT2D eigenvalue weighted by molar-refractivity contribution is 14.1. The van der Waals surface area contributed by atoms with Gasteiger partial charge < -0.3 is 9.64 Å². The molecule has 0 N–H and O–H groups in total. The maximum absolute atomic E-state index is 12.3. The molecule has 0 spiro atoms. The summed E-state index contributed by atoms with van der Waals surface area (Å²) in [4.78, 5) is 14.1. The highest BCUT2D eigenvalue weighted by Gasteiger charge is 2.28. The van der Waals surface area contributed by atoms with Crippen LogP contribution in [0.4, 0.5) is 0 Å². The smallest absolute Gasteiger partial charge is 0.275 e. The number of halogens is 1. The lowest BCUT2D eigenvalue weighted by Crippen LogP contribution is -2.48. The molecular weight excluding hydrogens is 333 g/mol. The molecule has 5 nitrogen and oxygen atoms in total. The Morgan fingerprint density at radius 3 is 2.53 bits per heavy atom. The molecule has 1 aromatic heterocycles. The van der Waals surface area contributed by atoms with Crippen LogP contribution in [0.1, 0.15) is 24.3 Å². The Balaban J connectivity index is 2.17. The number of aromatic nitrogens is 2. The fourth-order valence-electron chi connectivity index (χ4n) is 2.10. The predicted octanol–water partition coefficient (Wildman–Crippen LogP) is 1.27. The quantitative estimate of drug-likeness (QED) is 0.718. The summed E-state index contributed by atoms with van der Waals surface area (Å²) in [5.41, 5.74) is 0.536. The number of morpholine rings is 1. The van der Waals surface area contributed by atoms with E-state index in [1.54, 1.807) is 4.68 Å². The number of aryl methyl sites for hydroxylation is 1. The minimum Gasteiger partial charge on any atom is -0.372 e. The van der Waals surface area contributed by atoms with Crippen LogP contribution in [0.5, 0.6) is 0 Å². The molecule has 1 aliphatic heterocycles. The van der Waals surface area contributed by atoms with Gasteiger partial charge in [0, 0.05) is 26.3 Å². The van der Waals surface area contributed by atoms with Gasteiger partial charge in [-0.25, -0.2) is 0 Å². The maximum atomic E-state index is 12.3. The third-order valence-corrected chi connectivity index (χ3v) is 3.48. The van der Waals surface area contributed by atoms with Crippen LogP contribution >= 0.6 is 22.6 Å². The van der Waals surface area contributed by atoms with Gasteiger partial charge in [0.1, 0.15) is 0 Å². The van der Waals surface area contributed by atoms with Crippen molar-refractivity contribution in [2.75, 3.05) is 13.1 Å². The van der Waals surface area contributed by atoms with Crippen LogP contribution in [-0.2, 0) is 11.8 Å². The molecule has 1 aromatic rings. The van der Waals surface area contributed by atoms with Gasteiger partial charge in [0.25, 0.3) is 5.91 Å². The summed E-state index contributed by atoms with van der Waals surface area (Å²) >= 11 is 2.14. The number of ether oxygens (including phenoxy) is 1. The average Bonchev–Trinajstić information content (AvgIpc) is 2.55. The minimum atomic E-state index is -0.00278. The molecule has 0 radical (unpaired) electrons. The predicted molar refractivity (Wildman–Crippen MR) is 71.8 cm³/mol. The first-order valence-corrected chi connectivity index (χ1v) is 6.69. The SMILES string of the molecule is CC1CN(C(=O)c2nn(C)cc2I)CC(C)O1. The average molecular weight is 349 g/mol. The van der Waals surface area contributed by atoms with Crippen molar-refractivity contribution >= 4 is 28.5 Å². The first-order valence-electron chi connectivity index (χ1n) is 5.61. The van der Waals surface area contributed by atoms with Gasteiger partial charge >= 0.3 is 0 Å². The van der Waals surface area contributed by atoms with E-state index in [0.717, 1.165) is 3.57 Å². The van der Waals surface area contributed by atoms with Gasteiger partial charge in [-0.3, -0.25) is 9.48 Å². The molecule has 2 unspecified atom stereocenters. The lowest BCUT2D eigenvalue weighted by atomic mass is 10.2. The summed E-state index contributed by atoms with van der Waals surface area (Å²) in [6, 6.07) is 0. The van der Waals surface area contributed by atoms with Crippen LogP contribution in [0.3, 0.4) is 0 Å². The normalized spacial score (nSPS) is 25.1. The van der Waals surface area contributed by atoms with Crippen LogP contribution in [0, 0.1) is 3.57 Å². The molecule has 1 amide bonds. The minimum absolute atomic E-state index is 0.00278. The van der Waals surface area contributed by atoms with Crippen molar-refractivity contribution in [2.24, 2.45) is 7.05 Å². The summed E-state index contributed by atoms with van der Waals surface area (Å²) in [6.07, 6.45) is 2.02. The highest BCUT2D eigenvalue weighted by Crippen LogP contribution is 2.16. The van der Waals surface area contributed by atoms with Crippen molar-refractivity contribution < 1.29 is 9.53 Å². The summed E-state index contributed by atoms with van der Waals surface area (Å²) in [6.45, 7) is 5.24.